The van der Waals surface area contributed by atoms with Crippen LogP contribution in [-0.2, 0) is 10.1 Å². The van der Waals surface area contributed by atoms with Gasteiger partial charge in [0.25, 0.3) is 10.1 Å². The van der Waals surface area contributed by atoms with Crippen molar-refractivity contribution in [3.63, 3.8) is 0 Å². The molecule has 13 heavy (non-hydrogen) atoms. The van der Waals surface area contributed by atoms with Crippen molar-refractivity contribution in [1.82, 2.24) is 0 Å². The third-order valence-electron chi connectivity index (χ3n) is 1.83. The Hall–Kier alpha value is -0.140. The number of aryl methyl sites for hydroxylation is 1. The van der Waals surface area contributed by atoms with Gasteiger partial charge in [-0.25, -0.2) is 0 Å². The Morgan fingerprint density at radius 2 is 1.77 bits per heavy atom. The van der Waals surface area contributed by atoms with Crippen molar-refractivity contribution in [2.75, 3.05) is 0 Å². The lowest BCUT2D eigenvalue weighted by Gasteiger charge is -2.03. The van der Waals surface area contributed by atoms with E-state index in [-0.39, 0.29) is 28.9 Å². The maximum absolute atomic E-state index is 10.8. The normalized spacial score (nSPS) is 10.7. The van der Waals surface area contributed by atoms with Gasteiger partial charge in [-0.05, 0) is 31.0 Å². The van der Waals surface area contributed by atoms with Crippen molar-refractivity contribution in [2.24, 2.45) is 0 Å². The molecule has 0 fully saturated rings. The van der Waals surface area contributed by atoms with Gasteiger partial charge in [0.15, 0.2) is 0 Å². The maximum atomic E-state index is 10.8. The molecule has 1 N–H and O–H groups in total. The van der Waals surface area contributed by atoms with Gasteiger partial charge < -0.3 is 0 Å². The summed E-state index contributed by atoms with van der Waals surface area (Å²) in [4.78, 5) is -0.0116. The molecule has 3 nitrogen and oxygen atoms in total. The summed E-state index contributed by atoms with van der Waals surface area (Å²) in [5.41, 5.74) is 1.45. The molecule has 0 amide bonds. The highest BCUT2D eigenvalue weighted by Gasteiger charge is 2.12. The van der Waals surface area contributed by atoms with Crippen LogP contribution in [0.5, 0.6) is 0 Å². The lowest BCUT2D eigenvalue weighted by atomic mass is 10.1. The first kappa shape index (κ1) is 12.9. The van der Waals surface area contributed by atoms with Crippen molar-refractivity contribution in [3.05, 3.63) is 29.3 Å². The second-order valence-corrected chi connectivity index (χ2v) is 4.06. The molecule has 0 saturated carbocycles. The van der Waals surface area contributed by atoms with Crippen LogP contribution in [0.2, 0.25) is 0 Å². The van der Waals surface area contributed by atoms with Gasteiger partial charge >= 0.3 is 0 Å². The molecule has 1 rings (SSSR count). The van der Waals surface area contributed by atoms with Gasteiger partial charge in [0.05, 0.1) is 4.90 Å². The molecule has 0 heterocycles. The molecule has 0 aromatic heterocycles. The van der Waals surface area contributed by atoms with Gasteiger partial charge in [0.1, 0.15) is 0 Å². The van der Waals surface area contributed by atoms with E-state index >= 15 is 0 Å². The first-order valence-electron chi connectivity index (χ1n) is 3.46. The molecule has 0 bridgehead atoms. The van der Waals surface area contributed by atoms with Crippen LogP contribution < -0.4 is 0 Å². The number of benzene rings is 1. The monoisotopic (exact) mass is 314 g/mol. The van der Waals surface area contributed by atoms with E-state index in [2.05, 4.69) is 0 Å². The van der Waals surface area contributed by atoms with Gasteiger partial charge in [-0.3, -0.25) is 4.55 Å². The van der Waals surface area contributed by atoms with Gasteiger partial charge in [-0.2, -0.15) is 8.42 Å². The van der Waals surface area contributed by atoms with E-state index in [1.165, 1.54) is 6.07 Å². The predicted octanol–water partition coefficient (Wildman–Crippen LogP) is 2.17. The highest BCUT2D eigenvalue weighted by atomic mass is 127. The minimum atomic E-state index is -4.06. The van der Waals surface area contributed by atoms with Crippen LogP contribution in [0.15, 0.2) is 23.1 Å². The zero-order valence-electron chi connectivity index (χ0n) is 7.31. The summed E-state index contributed by atoms with van der Waals surface area (Å²) in [5, 5.41) is 0. The van der Waals surface area contributed by atoms with Gasteiger partial charge in [-0.1, -0.05) is 12.1 Å². The van der Waals surface area contributed by atoms with Crippen LogP contribution in [-0.4, -0.2) is 13.0 Å². The fraction of sp³-hybridized carbons (Fsp3) is 0.250. The molecule has 1 aromatic rings. The quantitative estimate of drug-likeness (QED) is 0.638. The SMILES string of the molecule is Cc1cccc(S(=O)(=O)O)c1C.I. The molecule has 0 aliphatic rings. The van der Waals surface area contributed by atoms with Gasteiger partial charge in [-0.15, -0.1) is 24.0 Å². The van der Waals surface area contributed by atoms with Crippen molar-refractivity contribution >= 4 is 34.1 Å². The molecule has 5 heteroatoms. The molecular weight excluding hydrogens is 303 g/mol. The Morgan fingerprint density at radius 3 is 2.15 bits per heavy atom. The molecule has 0 aliphatic heterocycles. The smallest absolute Gasteiger partial charge is 0.282 e. The molecule has 1 aromatic carbocycles. The Bertz CT molecular complexity index is 398. The Labute approximate surface area is 94.9 Å². The molecule has 0 unspecified atom stereocenters. The van der Waals surface area contributed by atoms with E-state index in [0.29, 0.717) is 5.56 Å². The molecule has 74 valence electrons. The first-order chi connectivity index (χ1) is 5.43. The summed E-state index contributed by atoms with van der Waals surface area (Å²) in [6.45, 7) is 3.46. The summed E-state index contributed by atoms with van der Waals surface area (Å²) in [5.74, 6) is 0. The van der Waals surface area contributed by atoms with E-state index in [0.717, 1.165) is 5.56 Å². The lowest BCUT2D eigenvalue weighted by molar-refractivity contribution is 0.482. The van der Waals surface area contributed by atoms with Gasteiger partial charge in [0, 0.05) is 0 Å². The second-order valence-electron chi connectivity index (χ2n) is 2.67. The zero-order valence-corrected chi connectivity index (χ0v) is 10.5. The fourth-order valence-electron chi connectivity index (χ4n) is 1.00. The summed E-state index contributed by atoms with van der Waals surface area (Å²) in [7, 11) is -4.06. The zero-order chi connectivity index (χ0) is 9.35. The van der Waals surface area contributed by atoms with Crippen molar-refractivity contribution in [3.8, 4) is 0 Å². The summed E-state index contributed by atoms with van der Waals surface area (Å²) >= 11 is 0. The highest BCUT2D eigenvalue weighted by molar-refractivity contribution is 14.0. The minimum absolute atomic E-state index is 0. The molecule has 0 atom stereocenters. The largest absolute Gasteiger partial charge is 0.294 e. The number of rotatable bonds is 1. The van der Waals surface area contributed by atoms with E-state index in [1.54, 1.807) is 26.0 Å². The summed E-state index contributed by atoms with van der Waals surface area (Å²) < 4.78 is 30.3. The highest BCUT2D eigenvalue weighted by Crippen LogP contribution is 2.17. The van der Waals surface area contributed by atoms with Crippen LogP contribution in [0, 0.1) is 13.8 Å². The lowest BCUT2D eigenvalue weighted by Crippen LogP contribution is -2.01. The third-order valence-corrected chi connectivity index (χ3v) is 2.83. The average Bonchev–Trinajstić information content (AvgIpc) is 1.92. The van der Waals surface area contributed by atoms with Crippen LogP contribution in [0.4, 0.5) is 0 Å². The van der Waals surface area contributed by atoms with Crippen LogP contribution in [0.1, 0.15) is 11.1 Å². The van der Waals surface area contributed by atoms with E-state index in [9.17, 15) is 8.42 Å². The Balaban J connectivity index is 0.00000144. The van der Waals surface area contributed by atoms with Crippen LogP contribution >= 0.6 is 24.0 Å². The van der Waals surface area contributed by atoms with Crippen molar-refractivity contribution < 1.29 is 13.0 Å². The molecular formula is C8H11IO3S. The third kappa shape index (κ3) is 2.92. The summed E-state index contributed by atoms with van der Waals surface area (Å²) in [6, 6.07) is 4.78. The predicted molar refractivity (Wildman–Crippen MR) is 61.1 cm³/mol. The van der Waals surface area contributed by atoms with Crippen LogP contribution in [0.3, 0.4) is 0 Å². The topological polar surface area (TPSA) is 54.4 Å². The van der Waals surface area contributed by atoms with Crippen LogP contribution in [0.25, 0.3) is 0 Å². The van der Waals surface area contributed by atoms with E-state index in [4.69, 9.17) is 4.55 Å². The van der Waals surface area contributed by atoms with E-state index in [1.807, 2.05) is 0 Å². The first-order valence-corrected chi connectivity index (χ1v) is 4.90. The number of hydrogen-bond donors (Lipinski definition) is 1. The number of halogens is 1. The molecule has 0 aliphatic carbocycles. The average molecular weight is 314 g/mol. The van der Waals surface area contributed by atoms with Gasteiger partial charge in [0.2, 0.25) is 0 Å². The van der Waals surface area contributed by atoms with Crippen molar-refractivity contribution in [1.29, 1.82) is 0 Å². The van der Waals surface area contributed by atoms with Crippen molar-refractivity contribution in [2.45, 2.75) is 18.7 Å². The fourth-order valence-corrected chi connectivity index (χ4v) is 1.80. The van der Waals surface area contributed by atoms with E-state index < -0.39 is 10.1 Å². The Kier molecular flexibility index (Phi) is 4.34. The summed E-state index contributed by atoms with van der Waals surface area (Å²) in [6.07, 6.45) is 0. The maximum Gasteiger partial charge on any atom is 0.294 e. The minimum Gasteiger partial charge on any atom is -0.282 e. The number of hydrogen-bond acceptors (Lipinski definition) is 2. The second kappa shape index (κ2) is 4.39. The standard InChI is InChI=1S/C8H10O3S.HI/c1-6-4-3-5-8(7(6)2)12(9,10)11;/h3-5H,1-2H3,(H,9,10,11);1H. The molecule has 0 saturated heterocycles. The Morgan fingerprint density at radius 1 is 1.23 bits per heavy atom. The molecule has 0 radical (unpaired) electrons. The molecule has 0 spiro atoms.